The standard InChI is InChI=1S/C11H8N2S/c14-11-9-6-5-7-3-1-2-4-8(7)10(9)12-13-11/h1-6H,(H2,12,13,14). The summed E-state index contributed by atoms with van der Waals surface area (Å²) in [6.45, 7) is 0. The van der Waals surface area contributed by atoms with Crippen LogP contribution in [0, 0.1) is 4.64 Å². The fourth-order valence-corrected chi connectivity index (χ4v) is 2.00. The lowest BCUT2D eigenvalue weighted by molar-refractivity contribution is 1.11. The molecule has 0 spiro atoms. The van der Waals surface area contributed by atoms with Crippen molar-refractivity contribution in [2.75, 3.05) is 0 Å². The Morgan fingerprint density at radius 1 is 0.857 bits per heavy atom. The van der Waals surface area contributed by atoms with Crippen molar-refractivity contribution in [1.29, 1.82) is 0 Å². The van der Waals surface area contributed by atoms with Gasteiger partial charge in [-0.2, -0.15) is 0 Å². The molecule has 3 rings (SSSR count). The van der Waals surface area contributed by atoms with Gasteiger partial charge in [0.1, 0.15) is 4.64 Å². The number of rotatable bonds is 0. The van der Waals surface area contributed by atoms with E-state index in [1.165, 1.54) is 10.8 Å². The van der Waals surface area contributed by atoms with Crippen LogP contribution in [0.3, 0.4) is 0 Å². The molecule has 14 heavy (non-hydrogen) atoms. The molecule has 2 nitrogen and oxygen atoms in total. The lowest BCUT2D eigenvalue weighted by Crippen LogP contribution is -1.74. The second-order valence-electron chi connectivity index (χ2n) is 3.29. The van der Waals surface area contributed by atoms with Gasteiger partial charge in [-0.1, -0.05) is 42.5 Å². The van der Waals surface area contributed by atoms with E-state index in [0.29, 0.717) is 0 Å². The zero-order valence-corrected chi connectivity index (χ0v) is 8.19. The zero-order valence-electron chi connectivity index (χ0n) is 7.37. The predicted octanol–water partition coefficient (Wildman–Crippen LogP) is 3.38. The van der Waals surface area contributed by atoms with Crippen LogP contribution in [0.1, 0.15) is 0 Å². The Labute approximate surface area is 85.6 Å². The molecule has 0 aliphatic carbocycles. The van der Waals surface area contributed by atoms with Crippen molar-refractivity contribution in [2.45, 2.75) is 0 Å². The molecule has 0 saturated heterocycles. The molecule has 0 unspecified atom stereocenters. The van der Waals surface area contributed by atoms with Crippen molar-refractivity contribution < 1.29 is 0 Å². The Kier molecular flexibility index (Phi) is 1.49. The van der Waals surface area contributed by atoms with Gasteiger partial charge in [-0.15, -0.1) is 0 Å². The normalized spacial score (nSPS) is 11.1. The smallest absolute Gasteiger partial charge is 0.127 e. The Balaban J connectivity index is 2.68. The van der Waals surface area contributed by atoms with Gasteiger partial charge in [0.25, 0.3) is 0 Å². The first kappa shape index (κ1) is 7.76. The molecule has 0 saturated carbocycles. The maximum Gasteiger partial charge on any atom is 0.127 e. The maximum atomic E-state index is 5.16. The van der Waals surface area contributed by atoms with E-state index in [1.54, 1.807) is 0 Å². The maximum absolute atomic E-state index is 5.16. The SMILES string of the molecule is S=c1[nH][nH]c2c1ccc1ccccc12. The first-order valence-corrected chi connectivity index (χ1v) is 4.85. The van der Waals surface area contributed by atoms with E-state index in [-0.39, 0.29) is 0 Å². The minimum absolute atomic E-state index is 0.769. The summed E-state index contributed by atoms with van der Waals surface area (Å²) in [6.07, 6.45) is 0. The fraction of sp³-hybridized carbons (Fsp3) is 0. The molecule has 1 aromatic heterocycles. The van der Waals surface area contributed by atoms with Gasteiger partial charge in [0.2, 0.25) is 0 Å². The zero-order chi connectivity index (χ0) is 9.54. The van der Waals surface area contributed by atoms with Gasteiger partial charge in [0.05, 0.1) is 5.52 Å². The molecular weight excluding hydrogens is 192 g/mol. The summed E-state index contributed by atoms with van der Waals surface area (Å²) < 4.78 is 0.769. The van der Waals surface area contributed by atoms with Crippen LogP contribution in [0.25, 0.3) is 21.7 Å². The van der Waals surface area contributed by atoms with Crippen LogP contribution < -0.4 is 0 Å². The van der Waals surface area contributed by atoms with Crippen molar-refractivity contribution in [3.63, 3.8) is 0 Å². The number of hydrogen-bond donors (Lipinski definition) is 2. The van der Waals surface area contributed by atoms with Crippen molar-refractivity contribution in [1.82, 2.24) is 10.2 Å². The lowest BCUT2D eigenvalue weighted by Gasteiger charge is -1.97. The molecule has 0 aliphatic rings. The summed E-state index contributed by atoms with van der Waals surface area (Å²) in [5, 5.41) is 9.58. The van der Waals surface area contributed by atoms with Crippen LogP contribution in [0.4, 0.5) is 0 Å². The highest BCUT2D eigenvalue weighted by molar-refractivity contribution is 7.71. The second kappa shape index (κ2) is 2.69. The van der Waals surface area contributed by atoms with Gasteiger partial charge < -0.3 is 0 Å². The van der Waals surface area contributed by atoms with E-state index < -0.39 is 0 Å². The van der Waals surface area contributed by atoms with Crippen LogP contribution in [0.15, 0.2) is 36.4 Å². The average molecular weight is 200 g/mol. The number of benzene rings is 2. The fourth-order valence-electron chi connectivity index (χ4n) is 1.78. The molecule has 2 aromatic carbocycles. The molecule has 0 atom stereocenters. The molecule has 1 heterocycles. The summed E-state index contributed by atoms with van der Waals surface area (Å²) in [4.78, 5) is 0. The molecule has 3 heteroatoms. The summed E-state index contributed by atoms with van der Waals surface area (Å²) in [5.41, 5.74) is 1.09. The largest absolute Gasteiger partial charge is 0.299 e. The summed E-state index contributed by atoms with van der Waals surface area (Å²) in [6, 6.07) is 12.4. The Bertz CT molecular complexity index is 663. The molecular formula is C11H8N2S. The van der Waals surface area contributed by atoms with Crippen molar-refractivity contribution in [2.24, 2.45) is 0 Å². The number of H-pyrrole nitrogens is 2. The van der Waals surface area contributed by atoms with Crippen LogP contribution in [-0.4, -0.2) is 10.2 Å². The van der Waals surface area contributed by atoms with Crippen molar-refractivity contribution >= 4 is 33.9 Å². The number of fused-ring (bicyclic) bond motifs is 3. The highest BCUT2D eigenvalue weighted by atomic mass is 32.1. The predicted molar refractivity (Wildman–Crippen MR) is 61.0 cm³/mol. The van der Waals surface area contributed by atoms with Crippen LogP contribution >= 0.6 is 12.2 Å². The lowest BCUT2D eigenvalue weighted by atomic mass is 10.1. The Hall–Kier alpha value is -1.61. The van der Waals surface area contributed by atoms with Crippen molar-refractivity contribution in [3.05, 3.63) is 41.0 Å². The number of nitrogens with one attached hydrogen (secondary N) is 2. The minimum atomic E-state index is 0.769. The monoisotopic (exact) mass is 200 g/mol. The third-order valence-corrected chi connectivity index (χ3v) is 2.80. The van der Waals surface area contributed by atoms with Gasteiger partial charge in [-0.25, -0.2) is 0 Å². The molecule has 0 radical (unpaired) electrons. The second-order valence-corrected chi connectivity index (χ2v) is 3.70. The number of aromatic amines is 2. The molecule has 0 aliphatic heterocycles. The van der Waals surface area contributed by atoms with Gasteiger partial charge in [-0.3, -0.25) is 10.2 Å². The van der Waals surface area contributed by atoms with E-state index >= 15 is 0 Å². The van der Waals surface area contributed by atoms with Gasteiger partial charge in [-0.05, 0) is 11.5 Å². The van der Waals surface area contributed by atoms with E-state index in [9.17, 15) is 0 Å². The van der Waals surface area contributed by atoms with E-state index in [4.69, 9.17) is 12.2 Å². The highest BCUT2D eigenvalue weighted by Crippen LogP contribution is 2.23. The Morgan fingerprint density at radius 2 is 1.71 bits per heavy atom. The molecule has 68 valence electrons. The first-order valence-electron chi connectivity index (χ1n) is 4.44. The number of aromatic nitrogens is 2. The quantitative estimate of drug-likeness (QED) is 0.535. The minimum Gasteiger partial charge on any atom is -0.299 e. The molecule has 2 N–H and O–H groups in total. The van der Waals surface area contributed by atoms with Gasteiger partial charge >= 0.3 is 0 Å². The van der Waals surface area contributed by atoms with E-state index in [2.05, 4.69) is 28.4 Å². The van der Waals surface area contributed by atoms with E-state index in [0.717, 1.165) is 15.5 Å². The Morgan fingerprint density at radius 3 is 2.64 bits per heavy atom. The van der Waals surface area contributed by atoms with Crippen LogP contribution in [0.5, 0.6) is 0 Å². The first-order chi connectivity index (χ1) is 6.86. The van der Waals surface area contributed by atoms with Crippen LogP contribution in [-0.2, 0) is 0 Å². The molecule has 3 aromatic rings. The highest BCUT2D eigenvalue weighted by Gasteiger charge is 2.01. The number of hydrogen-bond acceptors (Lipinski definition) is 1. The topological polar surface area (TPSA) is 31.6 Å². The summed E-state index contributed by atoms with van der Waals surface area (Å²) in [5.74, 6) is 0. The average Bonchev–Trinajstić information content (AvgIpc) is 2.61. The third-order valence-electron chi connectivity index (χ3n) is 2.47. The van der Waals surface area contributed by atoms with Crippen molar-refractivity contribution in [3.8, 4) is 0 Å². The van der Waals surface area contributed by atoms with E-state index in [1.807, 2.05) is 18.2 Å². The summed E-state index contributed by atoms with van der Waals surface area (Å²) in [7, 11) is 0. The third kappa shape index (κ3) is 0.930. The molecule has 0 bridgehead atoms. The van der Waals surface area contributed by atoms with Gasteiger partial charge in [0.15, 0.2) is 0 Å². The molecule has 0 amide bonds. The van der Waals surface area contributed by atoms with Gasteiger partial charge in [0, 0.05) is 10.8 Å². The summed E-state index contributed by atoms with van der Waals surface area (Å²) >= 11 is 5.16. The molecule has 0 fully saturated rings. The van der Waals surface area contributed by atoms with Crippen LogP contribution in [0.2, 0.25) is 0 Å².